The van der Waals surface area contributed by atoms with E-state index < -0.39 is 13.9 Å². The molecule has 68 valence electrons. The second-order valence-corrected chi connectivity index (χ2v) is 4.51. The summed E-state index contributed by atoms with van der Waals surface area (Å²) in [4.78, 5) is 0. The van der Waals surface area contributed by atoms with E-state index in [9.17, 15) is 4.57 Å². The van der Waals surface area contributed by atoms with Gasteiger partial charge in [0.1, 0.15) is 5.85 Å². The number of hydrogen-bond donors (Lipinski definition) is 1. The summed E-state index contributed by atoms with van der Waals surface area (Å²) in [7, 11) is -2.27. The number of halogens is 1. The molecule has 0 aliphatic carbocycles. The lowest BCUT2D eigenvalue weighted by atomic mass is 10.3. The first-order valence-corrected chi connectivity index (χ1v) is 6.07. The molecule has 1 N–H and O–H groups in total. The van der Waals surface area contributed by atoms with Gasteiger partial charge in [-0.25, -0.2) is 0 Å². The Balaban J connectivity index is 3.68. The van der Waals surface area contributed by atoms with Crippen LogP contribution in [0.15, 0.2) is 0 Å². The van der Waals surface area contributed by atoms with E-state index in [0.717, 1.165) is 6.42 Å². The second kappa shape index (κ2) is 6.18. The monoisotopic (exact) mass is 244 g/mol. The second-order valence-electron chi connectivity index (χ2n) is 2.33. The van der Waals surface area contributed by atoms with Crippen molar-refractivity contribution in [2.45, 2.75) is 32.2 Å². The molecular weight excluding hydrogens is 231 g/mol. The molecule has 0 saturated carbocycles. The minimum Gasteiger partial charge on any atom is -0.382 e. The predicted molar refractivity (Wildman–Crippen MR) is 49.6 cm³/mol. The van der Waals surface area contributed by atoms with Crippen LogP contribution in [-0.2, 0) is 9.09 Å². The maximum Gasteiger partial charge on any atom is 0.220 e. The molecule has 0 radical (unpaired) electrons. The fourth-order valence-corrected chi connectivity index (χ4v) is 2.06. The normalized spacial score (nSPS) is 19.3. The van der Waals surface area contributed by atoms with Gasteiger partial charge < -0.3 is 9.63 Å². The van der Waals surface area contributed by atoms with Gasteiger partial charge in [0.25, 0.3) is 0 Å². The topological polar surface area (TPSA) is 46.5 Å². The van der Waals surface area contributed by atoms with E-state index in [1.807, 2.05) is 13.8 Å². The summed E-state index contributed by atoms with van der Waals surface area (Å²) in [5.41, 5.74) is 0. The average molecular weight is 245 g/mol. The third kappa shape index (κ3) is 4.96. The molecule has 0 aliphatic rings. The third-order valence-corrected chi connectivity index (χ3v) is 3.90. The first-order valence-electron chi connectivity index (χ1n) is 3.56. The zero-order valence-corrected chi connectivity index (χ0v) is 9.30. The molecule has 0 bridgehead atoms. The molecule has 0 aliphatic heterocycles. The van der Waals surface area contributed by atoms with Gasteiger partial charge in [-0.3, -0.25) is 4.57 Å². The van der Waals surface area contributed by atoms with Crippen molar-refractivity contribution in [3.05, 3.63) is 0 Å². The minimum atomic E-state index is -2.27. The molecule has 11 heavy (non-hydrogen) atoms. The number of hydrogen-bond acceptors (Lipinski definition) is 3. The SMILES string of the molecule is CCC(C)O[PH](=O)[C@H](O)CBr. The largest absolute Gasteiger partial charge is 0.382 e. The van der Waals surface area contributed by atoms with E-state index in [0.29, 0.717) is 5.33 Å². The highest BCUT2D eigenvalue weighted by Crippen LogP contribution is 2.31. The van der Waals surface area contributed by atoms with Crippen LogP contribution in [0.25, 0.3) is 0 Å². The van der Waals surface area contributed by atoms with Crippen LogP contribution in [0, 0.1) is 0 Å². The van der Waals surface area contributed by atoms with Crippen LogP contribution < -0.4 is 0 Å². The number of rotatable bonds is 5. The summed E-state index contributed by atoms with van der Waals surface area (Å²) in [6, 6.07) is 0. The van der Waals surface area contributed by atoms with Gasteiger partial charge in [0, 0.05) is 5.33 Å². The Bertz CT molecular complexity index is 131. The molecule has 2 unspecified atom stereocenters. The molecule has 0 rings (SSSR count). The van der Waals surface area contributed by atoms with Crippen LogP contribution >= 0.6 is 24.0 Å². The van der Waals surface area contributed by atoms with E-state index in [1.54, 1.807) is 0 Å². The Morgan fingerprint density at radius 2 is 2.27 bits per heavy atom. The van der Waals surface area contributed by atoms with Gasteiger partial charge in [-0.05, 0) is 13.3 Å². The lowest BCUT2D eigenvalue weighted by molar-refractivity contribution is 0.193. The Kier molecular flexibility index (Phi) is 6.53. The molecule has 0 aromatic heterocycles. The predicted octanol–water partition coefficient (Wildman–Crippen LogP) is 1.99. The molecule has 3 atom stereocenters. The van der Waals surface area contributed by atoms with Gasteiger partial charge >= 0.3 is 0 Å². The van der Waals surface area contributed by atoms with Crippen LogP contribution in [0.4, 0.5) is 0 Å². The van der Waals surface area contributed by atoms with Crippen molar-refractivity contribution < 1.29 is 14.2 Å². The van der Waals surface area contributed by atoms with E-state index in [2.05, 4.69) is 15.9 Å². The van der Waals surface area contributed by atoms with Crippen LogP contribution in [0.3, 0.4) is 0 Å². The Hall–Kier alpha value is 0.630. The van der Waals surface area contributed by atoms with Gasteiger partial charge in [-0.1, -0.05) is 22.9 Å². The molecule has 0 heterocycles. The van der Waals surface area contributed by atoms with Crippen molar-refractivity contribution in [2.75, 3.05) is 5.33 Å². The lowest BCUT2D eigenvalue weighted by Gasteiger charge is -2.12. The van der Waals surface area contributed by atoms with Crippen molar-refractivity contribution in [3.63, 3.8) is 0 Å². The zero-order valence-electron chi connectivity index (χ0n) is 6.71. The highest BCUT2D eigenvalue weighted by Gasteiger charge is 2.13. The molecule has 0 spiro atoms. The van der Waals surface area contributed by atoms with Crippen molar-refractivity contribution in [3.8, 4) is 0 Å². The summed E-state index contributed by atoms with van der Waals surface area (Å²) >= 11 is 3.02. The summed E-state index contributed by atoms with van der Waals surface area (Å²) in [5, 5.41) is 9.34. The van der Waals surface area contributed by atoms with Gasteiger partial charge in [0.05, 0.1) is 6.10 Å². The van der Waals surface area contributed by atoms with Gasteiger partial charge in [0.2, 0.25) is 8.03 Å². The smallest absolute Gasteiger partial charge is 0.220 e. The number of alkyl halides is 1. The molecule has 0 aromatic rings. The van der Waals surface area contributed by atoms with Crippen LogP contribution in [-0.4, -0.2) is 22.4 Å². The maximum absolute atomic E-state index is 11.0. The quantitative estimate of drug-likeness (QED) is 0.595. The maximum atomic E-state index is 11.0. The molecule has 0 amide bonds. The van der Waals surface area contributed by atoms with Crippen molar-refractivity contribution in [2.24, 2.45) is 0 Å². The molecule has 5 heteroatoms. The summed E-state index contributed by atoms with van der Waals surface area (Å²) in [5.74, 6) is -0.853. The Morgan fingerprint density at radius 3 is 2.64 bits per heavy atom. The molecule has 3 nitrogen and oxygen atoms in total. The summed E-state index contributed by atoms with van der Waals surface area (Å²) in [6.07, 6.45) is 0.779. The minimum absolute atomic E-state index is 0.0323. The summed E-state index contributed by atoms with van der Waals surface area (Å²) in [6.45, 7) is 3.78. The molecule has 0 fully saturated rings. The zero-order chi connectivity index (χ0) is 8.85. The van der Waals surface area contributed by atoms with Crippen LogP contribution in [0.1, 0.15) is 20.3 Å². The number of aliphatic hydroxyl groups excluding tert-OH is 1. The van der Waals surface area contributed by atoms with Gasteiger partial charge in [-0.15, -0.1) is 0 Å². The van der Waals surface area contributed by atoms with E-state index in [4.69, 9.17) is 9.63 Å². The molecular formula is C6H14BrO3P. The van der Waals surface area contributed by atoms with Crippen LogP contribution in [0.2, 0.25) is 0 Å². The first-order chi connectivity index (χ1) is 5.11. The van der Waals surface area contributed by atoms with Crippen molar-refractivity contribution >= 4 is 24.0 Å². The van der Waals surface area contributed by atoms with Crippen molar-refractivity contribution in [1.82, 2.24) is 0 Å². The fraction of sp³-hybridized carbons (Fsp3) is 1.00. The van der Waals surface area contributed by atoms with E-state index in [1.165, 1.54) is 0 Å². The fourth-order valence-electron chi connectivity index (χ4n) is 0.423. The van der Waals surface area contributed by atoms with Gasteiger partial charge in [-0.2, -0.15) is 0 Å². The lowest BCUT2D eigenvalue weighted by Crippen LogP contribution is -2.08. The third-order valence-electron chi connectivity index (χ3n) is 1.31. The Labute approximate surface area is 76.1 Å². The first kappa shape index (κ1) is 11.6. The highest BCUT2D eigenvalue weighted by atomic mass is 79.9. The van der Waals surface area contributed by atoms with Crippen LogP contribution in [0.5, 0.6) is 0 Å². The molecule has 0 aromatic carbocycles. The van der Waals surface area contributed by atoms with E-state index >= 15 is 0 Å². The molecule has 0 saturated heterocycles. The highest BCUT2D eigenvalue weighted by molar-refractivity contribution is 9.09. The van der Waals surface area contributed by atoms with Crippen molar-refractivity contribution in [1.29, 1.82) is 0 Å². The van der Waals surface area contributed by atoms with E-state index in [-0.39, 0.29) is 6.10 Å². The Morgan fingerprint density at radius 1 is 1.73 bits per heavy atom. The standard InChI is InChI=1S/C6H14BrO3P/c1-3-5(2)10-11(9)6(8)4-7/h5-6,8,11H,3-4H2,1-2H3/t5?,6-/m0/s1. The summed E-state index contributed by atoms with van der Waals surface area (Å²) < 4.78 is 16.0. The number of aliphatic hydroxyl groups is 1. The van der Waals surface area contributed by atoms with Gasteiger partial charge in [0.15, 0.2) is 0 Å². The average Bonchev–Trinajstić information content (AvgIpc) is 2.02.